The van der Waals surface area contributed by atoms with E-state index in [4.69, 9.17) is 9.72 Å². The second-order valence-corrected chi connectivity index (χ2v) is 9.61. The number of para-hydroxylation sites is 1. The van der Waals surface area contributed by atoms with E-state index in [2.05, 4.69) is 6.08 Å². The Morgan fingerprint density at radius 2 is 1.81 bits per heavy atom. The first-order valence-electron chi connectivity index (χ1n) is 10.5. The third-order valence-electron chi connectivity index (χ3n) is 6.08. The lowest BCUT2D eigenvalue weighted by Crippen LogP contribution is -2.42. The summed E-state index contributed by atoms with van der Waals surface area (Å²) in [5.41, 5.74) is 5.82. The summed E-state index contributed by atoms with van der Waals surface area (Å²) in [7, 11) is 0.846. The highest BCUT2D eigenvalue weighted by Crippen LogP contribution is 2.38. The molecule has 2 aromatic carbocycles. The van der Waals surface area contributed by atoms with E-state index >= 15 is 0 Å². The van der Waals surface area contributed by atoms with Crippen molar-refractivity contribution >= 4 is 39.3 Å². The monoisotopic (exact) mass is 432 g/mol. The van der Waals surface area contributed by atoms with Gasteiger partial charge >= 0.3 is 0 Å². The van der Waals surface area contributed by atoms with Crippen LogP contribution >= 0.6 is 0 Å². The van der Waals surface area contributed by atoms with E-state index < -0.39 is 10.8 Å². The van der Waals surface area contributed by atoms with Crippen molar-refractivity contribution < 1.29 is 13.7 Å². The average molecular weight is 433 g/mol. The molecule has 3 aromatic rings. The van der Waals surface area contributed by atoms with Gasteiger partial charge in [-0.25, -0.2) is 4.98 Å². The number of nitrogens with zero attached hydrogens (tertiary/aromatic N) is 2. The lowest BCUT2D eigenvalue weighted by molar-refractivity contribution is 0.0772. The number of ether oxygens (including phenoxy) is 1. The highest BCUT2D eigenvalue weighted by atomic mass is 32.2. The van der Waals surface area contributed by atoms with E-state index in [-0.39, 0.29) is 5.91 Å². The molecule has 5 rings (SSSR count). The topological polar surface area (TPSA) is 59.5 Å². The van der Waals surface area contributed by atoms with Gasteiger partial charge in [-0.3, -0.25) is 9.00 Å². The van der Waals surface area contributed by atoms with Crippen molar-refractivity contribution in [3.63, 3.8) is 0 Å². The van der Waals surface area contributed by atoms with Gasteiger partial charge in [0.1, 0.15) is 5.75 Å². The van der Waals surface area contributed by atoms with E-state index in [1.165, 1.54) is 0 Å². The number of fused-ring (bicyclic) bond motifs is 2. The lowest BCUT2D eigenvalue weighted by atomic mass is 9.99. The summed E-state index contributed by atoms with van der Waals surface area (Å²) in [6.45, 7) is 1.09. The first kappa shape index (κ1) is 19.9. The molecule has 1 fully saturated rings. The molecule has 0 atom stereocenters. The molecule has 1 aliphatic carbocycles. The van der Waals surface area contributed by atoms with Gasteiger partial charge in [-0.2, -0.15) is 0 Å². The Balaban J connectivity index is 1.60. The quantitative estimate of drug-likeness (QED) is 0.629. The van der Waals surface area contributed by atoms with Crippen molar-refractivity contribution in [2.45, 2.75) is 12.8 Å². The van der Waals surface area contributed by atoms with Crippen molar-refractivity contribution in [2.24, 2.45) is 0 Å². The number of hydrogen-bond donors (Lipinski definition) is 0. The van der Waals surface area contributed by atoms with Crippen LogP contribution in [0.1, 0.15) is 33.6 Å². The molecule has 1 aromatic heterocycles. The molecule has 1 aliphatic heterocycles. The average Bonchev–Trinajstić information content (AvgIpc) is 3.20. The number of rotatable bonds is 3. The van der Waals surface area contributed by atoms with Crippen molar-refractivity contribution in [3.8, 4) is 5.75 Å². The summed E-state index contributed by atoms with van der Waals surface area (Å²) >= 11 is 0. The fraction of sp³-hybridized carbons (Fsp3) is 0.280. The van der Waals surface area contributed by atoms with Crippen LogP contribution < -0.4 is 4.74 Å². The van der Waals surface area contributed by atoms with Gasteiger partial charge in [0.2, 0.25) is 0 Å². The molecule has 0 radical (unpaired) electrons. The van der Waals surface area contributed by atoms with Crippen LogP contribution in [0.25, 0.3) is 22.6 Å². The molecule has 0 spiro atoms. The summed E-state index contributed by atoms with van der Waals surface area (Å²) < 4.78 is 17.0. The van der Waals surface area contributed by atoms with Crippen LogP contribution in [0.15, 0.2) is 48.5 Å². The molecule has 5 nitrogen and oxygen atoms in total. The van der Waals surface area contributed by atoms with Crippen molar-refractivity contribution in [2.75, 3.05) is 31.7 Å². The number of methoxy groups -OCH3 is 1. The van der Waals surface area contributed by atoms with Gasteiger partial charge in [0.05, 0.1) is 23.9 Å². The molecular formula is C25H24N2O3S. The molecule has 158 valence electrons. The SMILES string of the molecule is COc1ccc(/C=C2/CCc3c2nc2ccccc2c3C(=O)N2CCS(=O)CC2)cc1. The lowest BCUT2D eigenvalue weighted by Gasteiger charge is -2.27. The van der Waals surface area contributed by atoms with Gasteiger partial charge in [-0.15, -0.1) is 0 Å². The molecule has 0 N–H and O–H groups in total. The zero-order valence-electron chi connectivity index (χ0n) is 17.5. The second-order valence-electron chi connectivity index (χ2n) is 7.91. The summed E-state index contributed by atoms with van der Waals surface area (Å²) in [4.78, 5) is 20.4. The molecule has 1 saturated heterocycles. The van der Waals surface area contributed by atoms with Crippen LogP contribution in [-0.4, -0.2) is 51.7 Å². The van der Waals surface area contributed by atoms with Gasteiger partial charge in [0.15, 0.2) is 0 Å². The van der Waals surface area contributed by atoms with E-state index in [0.29, 0.717) is 24.6 Å². The molecule has 0 saturated carbocycles. The first-order valence-corrected chi connectivity index (χ1v) is 12.0. The zero-order chi connectivity index (χ0) is 21.4. The highest BCUT2D eigenvalue weighted by Gasteiger charge is 2.30. The summed E-state index contributed by atoms with van der Waals surface area (Å²) in [6.07, 6.45) is 3.82. The number of benzene rings is 2. The fourth-order valence-corrected chi connectivity index (χ4v) is 5.48. The highest BCUT2D eigenvalue weighted by molar-refractivity contribution is 7.85. The van der Waals surface area contributed by atoms with Gasteiger partial charge < -0.3 is 9.64 Å². The van der Waals surface area contributed by atoms with E-state index in [9.17, 15) is 9.00 Å². The molecule has 0 bridgehead atoms. The molecular weight excluding hydrogens is 408 g/mol. The minimum absolute atomic E-state index is 0.0391. The Bertz CT molecular complexity index is 1210. The minimum atomic E-state index is -0.815. The van der Waals surface area contributed by atoms with Gasteiger partial charge in [0.25, 0.3) is 5.91 Å². The van der Waals surface area contributed by atoms with Gasteiger partial charge in [-0.1, -0.05) is 30.3 Å². The predicted molar refractivity (Wildman–Crippen MR) is 125 cm³/mol. The van der Waals surface area contributed by atoms with Crippen LogP contribution in [0.5, 0.6) is 5.75 Å². The number of carbonyl (C=O) groups excluding carboxylic acids is 1. The molecule has 2 aliphatic rings. The number of allylic oxidation sites excluding steroid dienone is 1. The van der Waals surface area contributed by atoms with Crippen LogP contribution in [0, 0.1) is 0 Å². The Labute approximate surface area is 184 Å². The summed E-state index contributed by atoms with van der Waals surface area (Å²) in [5, 5.41) is 0.906. The van der Waals surface area contributed by atoms with E-state index in [1.54, 1.807) is 7.11 Å². The smallest absolute Gasteiger partial charge is 0.254 e. The molecule has 0 unspecified atom stereocenters. The predicted octanol–water partition coefficient (Wildman–Crippen LogP) is 3.93. The number of pyridine rings is 1. The Kier molecular flexibility index (Phi) is 5.32. The maximum absolute atomic E-state index is 13.6. The number of aromatic nitrogens is 1. The largest absolute Gasteiger partial charge is 0.497 e. The van der Waals surface area contributed by atoms with Crippen LogP contribution in [-0.2, 0) is 17.2 Å². The van der Waals surface area contributed by atoms with Crippen LogP contribution in [0.2, 0.25) is 0 Å². The maximum Gasteiger partial charge on any atom is 0.254 e. The van der Waals surface area contributed by atoms with Crippen molar-refractivity contribution in [1.82, 2.24) is 9.88 Å². The molecule has 1 amide bonds. The second kappa shape index (κ2) is 8.27. The van der Waals surface area contributed by atoms with Crippen LogP contribution in [0.3, 0.4) is 0 Å². The molecule has 31 heavy (non-hydrogen) atoms. The summed E-state index contributed by atoms with van der Waals surface area (Å²) in [6, 6.07) is 15.8. The standard InChI is InChI=1S/C25H24N2O3S/c1-30-19-9-6-17(7-10-19)16-18-8-11-21-23(25(28)27-12-14-31(29)15-13-27)20-4-2-3-5-22(20)26-24(18)21/h2-7,9-10,16H,8,11-15H2,1H3/b18-16-. The Morgan fingerprint density at radius 1 is 1.06 bits per heavy atom. The fourth-order valence-electron chi connectivity index (χ4n) is 4.42. The zero-order valence-corrected chi connectivity index (χ0v) is 18.3. The molecule has 2 heterocycles. The summed E-state index contributed by atoms with van der Waals surface area (Å²) in [5.74, 6) is 1.98. The van der Waals surface area contributed by atoms with Gasteiger partial charge in [0, 0.05) is 40.8 Å². The van der Waals surface area contributed by atoms with Crippen molar-refractivity contribution in [3.05, 3.63) is 70.9 Å². The Morgan fingerprint density at radius 3 is 2.55 bits per heavy atom. The first-order chi connectivity index (χ1) is 15.1. The maximum atomic E-state index is 13.6. The number of carbonyl (C=O) groups is 1. The van der Waals surface area contributed by atoms with E-state index in [1.807, 2.05) is 53.4 Å². The van der Waals surface area contributed by atoms with Crippen molar-refractivity contribution in [1.29, 1.82) is 0 Å². The Hall–Kier alpha value is -2.99. The third-order valence-corrected chi connectivity index (χ3v) is 7.35. The van der Waals surface area contributed by atoms with Gasteiger partial charge in [-0.05, 0) is 53.8 Å². The van der Waals surface area contributed by atoms with Crippen LogP contribution in [0.4, 0.5) is 0 Å². The normalized spacial score (nSPS) is 17.8. The number of amides is 1. The minimum Gasteiger partial charge on any atom is -0.497 e. The third kappa shape index (κ3) is 3.76. The molecule has 6 heteroatoms. The number of hydrogen-bond acceptors (Lipinski definition) is 4. The van der Waals surface area contributed by atoms with E-state index in [0.717, 1.165) is 57.5 Å².